The molecule has 4 rings (SSSR count). The van der Waals surface area contributed by atoms with Crippen molar-refractivity contribution in [2.24, 2.45) is 0 Å². The molecule has 26 heavy (non-hydrogen) atoms. The molecule has 1 atom stereocenters. The highest BCUT2D eigenvalue weighted by Crippen LogP contribution is 2.33. The van der Waals surface area contributed by atoms with Gasteiger partial charge in [0.25, 0.3) is 0 Å². The Bertz CT molecular complexity index is 1070. The van der Waals surface area contributed by atoms with Crippen LogP contribution in [-0.2, 0) is 0 Å². The van der Waals surface area contributed by atoms with Gasteiger partial charge in [-0.1, -0.05) is 36.4 Å². The molecule has 3 heterocycles. The minimum atomic E-state index is 0.137. The Labute approximate surface area is 152 Å². The number of nitrogen functional groups attached to an aromatic ring is 1. The molecule has 130 valence electrons. The summed E-state index contributed by atoms with van der Waals surface area (Å²) < 4.78 is 2.24. The van der Waals surface area contributed by atoms with Crippen molar-refractivity contribution in [2.75, 3.05) is 5.73 Å². The van der Waals surface area contributed by atoms with Gasteiger partial charge in [0, 0.05) is 11.9 Å². The number of hydrogen-bond acceptors (Lipinski definition) is 4. The summed E-state index contributed by atoms with van der Waals surface area (Å²) in [5.41, 5.74) is 11.4. The van der Waals surface area contributed by atoms with E-state index in [1.807, 2.05) is 24.3 Å². The van der Waals surface area contributed by atoms with E-state index in [2.05, 4.69) is 59.6 Å². The number of aromatic nitrogens is 4. The maximum Gasteiger partial charge on any atom is 0.182 e. The topological polar surface area (TPSA) is 69.6 Å². The predicted molar refractivity (Wildman–Crippen MR) is 105 cm³/mol. The maximum absolute atomic E-state index is 6.32. The Hall–Kier alpha value is -3.21. The number of hydrogen-bond donors (Lipinski definition) is 1. The number of nitrogens with zero attached hydrogens (tertiary/aromatic N) is 4. The van der Waals surface area contributed by atoms with Gasteiger partial charge < -0.3 is 10.3 Å². The van der Waals surface area contributed by atoms with Gasteiger partial charge in [-0.15, -0.1) is 0 Å². The summed E-state index contributed by atoms with van der Waals surface area (Å²) in [4.78, 5) is 13.7. The van der Waals surface area contributed by atoms with Crippen LogP contribution in [0.1, 0.15) is 29.8 Å². The molecule has 0 radical (unpaired) electrons. The summed E-state index contributed by atoms with van der Waals surface area (Å²) in [6.07, 6.45) is 1.74. The fraction of sp³-hybridized carbons (Fsp3) is 0.190. The first kappa shape index (κ1) is 16.3. The largest absolute Gasteiger partial charge is 0.383 e. The Kier molecular flexibility index (Phi) is 3.92. The Morgan fingerprint density at radius 3 is 2.38 bits per heavy atom. The number of fused-ring (bicyclic) bond motifs is 1. The number of pyridine rings is 1. The van der Waals surface area contributed by atoms with Crippen molar-refractivity contribution >= 4 is 16.9 Å². The second-order valence-electron chi connectivity index (χ2n) is 6.51. The van der Waals surface area contributed by atoms with Gasteiger partial charge in [-0.2, -0.15) is 0 Å². The summed E-state index contributed by atoms with van der Waals surface area (Å²) in [5.74, 6) is 1.05. The molecule has 4 aromatic rings. The monoisotopic (exact) mass is 343 g/mol. The molecule has 0 saturated heterocycles. The Morgan fingerprint density at radius 1 is 0.962 bits per heavy atom. The van der Waals surface area contributed by atoms with Gasteiger partial charge in [-0.25, -0.2) is 9.97 Å². The molecule has 1 aromatic carbocycles. The molecule has 2 N–H and O–H groups in total. The molecule has 0 aliphatic rings. The van der Waals surface area contributed by atoms with Crippen molar-refractivity contribution in [3.8, 4) is 11.5 Å². The third-order valence-electron chi connectivity index (χ3n) is 4.99. The molecule has 5 nitrogen and oxygen atoms in total. The zero-order valence-corrected chi connectivity index (χ0v) is 15.1. The van der Waals surface area contributed by atoms with Crippen LogP contribution in [0.3, 0.4) is 0 Å². The van der Waals surface area contributed by atoms with Crippen LogP contribution in [0.2, 0.25) is 0 Å². The third-order valence-corrected chi connectivity index (χ3v) is 4.99. The standard InChI is InChI=1S/C21H21N5/c1-13-14(2)26(15(3)16-9-5-4-6-10-16)21-18(13)19(22)24-20(25-21)17-11-7-8-12-23-17/h4-12,15H,1-3H3,(H2,22,24,25)/t15-/m1/s1. The van der Waals surface area contributed by atoms with E-state index in [9.17, 15) is 0 Å². The van der Waals surface area contributed by atoms with Crippen molar-refractivity contribution in [3.05, 3.63) is 71.5 Å². The quantitative estimate of drug-likeness (QED) is 0.602. The van der Waals surface area contributed by atoms with Gasteiger partial charge in [0.05, 0.1) is 11.4 Å². The van der Waals surface area contributed by atoms with E-state index in [0.29, 0.717) is 11.6 Å². The number of benzene rings is 1. The van der Waals surface area contributed by atoms with E-state index in [1.54, 1.807) is 6.20 Å². The highest BCUT2D eigenvalue weighted by Gasteiger charge is 2.21. The summed E-state index contributed by atoms with van der Waals surface area (Å²) in [5, 5.41) is 0.921. The van der Waals surface area contributed by atoms with Crippen LogP contribution in [0.5, 0.6) is 0 Å². The summed E-state index contributed by atoms with van der Waals surface area (Å²) in [7, 11) is 0. The van der Waals surface area contributed by atoms with E-state index >= 15 is 0 Å². The fourth-order valence-electron chi connectivity index (χ4n) is 3.48. The van der Waals surface area contributed by atoms with E-state index in [0.717, 1.165) is 28.0 Å². The molecule has 0 aliphatic heterocycles. The molecule has 0 unspecified atom stereocenters. The van der Waals surface area contributed by atoms with Crippen LogP contribution in [0.4, 0.5) is 5.82 Å². The van der Waals surface area contributed by atoms with E-state index < -0.39 is 0 Å². The molecule has 0 fully saturated rings. The second-order valence-corrected chi connectivity index (χ2v) is 6.51. The number of anilines is 1. The minimum Gasteiger partial charge on any atom is -0.383 e. The number of aryl methyl sites for hydroxylation is 1. The van der Waals surface area contributed by atoms with Crippen molar-refractivity contribution in [2.45, 2.75) is 26.8 Å². The lowest BCUT2D eigenvalue weighted by atomic mass is 10.1. The van der Waals surface area contributed by atoms with Crippen LogP contribution < -0.4 is 5.73 Å². The molecular weight excluding hydrogens is 322 g/mol. The predicted octanol–water partition coefficient (Wildman–Crippen LogP) is 4.30. The number of rotatable bonds is 3. The SMILES string of the molecule is Cc1c(C)n([C@H](C)c2ccccc2)c2nc(-c3ccccn3)nc(N)c12. The lowest BCUT2D eigenvalue weighted by Crippen LogP contribution is -2.10. The average Bonchev–Trinajstić information content (AvgIpc) is 2.93. The lowest BCUT2D eigenvalue weighted by molar-refractivity contribution is 0.639. The normalized spacial score (nSPS) is 12.4. The van der Waals surface area contributed by atoms with Gasteiger partial charge in [-0.05, 0) is 44.0 Å². The summed E-state index contributed by atoms with van der Waals surface area (Å²) >= 11 is 0. The van der Waals surface area contributed by atoms with Crippen molar-refractivity contribution < 1.29 is 0 Å². The first-order valence-electron chi connectivity index (χ1n) is 8.69. The molecule has 0 amide bonds. The van der Waals surface area contributed by atoms with Crippen molar-refractivity contribution in [3.63, 3.8) is 0 Å². The Balaban J connectivity index is 1.98. The van der Waals surface area contributed by atoms with Crippen molar-refractivity contribution in [1.29, 1.82) is 0 Å². The molecular formula is C21H21N5. The van der Waals surface area contributed by atoms with Crippen LogP contribution in [-0.4, -0.2) is 19.5 Å². The van der Waals surface area contributed by atoms with Gasteiger partial charge in [-0.3, -0.25) is 4.98 Å². The van der Waals surface area contributed by atoms with Crippen LogP contribution in [0.15, 0.2) is 54.7 Å². The minimum absolute atomic E-state index is 0.137. The van der Waals surface area contributed by atoms with Crippen LogP contribution >= 0.6 is 0 Å². The van der Waals surface area contributed by atoms with Gasteiger partial charge in [0.15, 0.2) is 5.82 Å². The van der Waals surface area contributed by atoms with E-state index in [1.165, 1.54) is 5.56 Å². The van der Waals surface area contributed by atoms with Crippen molar-refractivity contribution in [1.82, 2.24) is 19.5 Å². The highest BCUT2D eigenvalue weighted by atomic mass is 15.1. The summed E-state index contributed by atoms with van der Waals surface area (Å²) in [6, 6.07) is 16.2. The van der Waals surface area contributed by atoms with Gasteiger partial charge in [0.1, 0.15) is 17.2 Å². The lowest BCUT2D eigenvalue weighted by Gasteiger charge is -2.18. The fourth-order valence-corrected chi connectivity index (χ4v) is 3.48. The highest BCUT2D eigenvalue weighted by molar-refractivity contribution is 5.92. The van der Waals surface area contributed by atoms with Gasteiger partial charge >= 0.3 is 0 Å². The zero-order chi connectivity index (χ0) is 18.3. The molecule has 0 spiro atoms. The first-order chi connectivity index (χ1) is 12.6. The smallest absolute Gasteiger partial charge is 0.182 e. The molecule has 0 bridgehead atoms. The maximum atomic E-state index is 6.32. The molecule has 0 aliphatic carbocycles. The Morgan fingerprint density at radius 2 is 1.69 bits per heavy atom. The van der Waals surface area contributed by atoms with E-state index in [4.69, 9.17) is 10.7 Å². The second kappa shape index (κ2) is 6.26. The molecule has 3 aromatic heterocycles. The first-order valence-corrected chi connectivity index (χ1v) is 8.69. The van der Waals surface area contributed by atoms with Gasteiger partial charge in [0.2, 0.25) is 0 Å². The number of nitrogens with two attached hydrogens (primary N) is 1. The zero-order valence-electron chi connectivity index (χ0n) is 15.1. The molecule has 5 heteroatoms. The average molecular weight is 343 g/mol. The third kappa shape index (κ3) is 2.52. The van der Waals surface area contributed by atoms with Crippen LogP contribution in [0.25, 0.3) is 22.6 Å². The van der Waals surface area contributed by atoms with Crippen LogP contribution in [0, 0.1) is 13.8 Å². The molecule has 0 saturated carbocycles. The van der Waals surface area contributed by atoms with E-state index in [-0.39, 0.29) is 6.04 Å². The summed E-state index contributed by atoms with van der Waals surface area (Å²) in [6.45, 7) is 6.36.